The molecule has 1 aromatic rings. The van der Waals surface area contributed by atoms with Crippen LogP contribution in [0.4, 0.5) is 5.69 Å². The van der Waals surface area contributed by atoms with E-state index in [1.54, 1.807) is 19.1 Å². The molecule has 0 fully saturated rings. The first-order chi connectivity index (χ1) is 11.3. The van der Waals surface area contributed by atoms with Crippen molar-refractivity contribution in [2.75, 3.05) is 6.61 Å². The molecule has 0 heterocycles. The quantitative estimate of drug-likeness (QED) is 0.390. The van der Waals surface area contributed by atoms with E-state index in [-0.39, 0.29) is 37.0 Å². The fraction of sp³-hybridized carbons (Fsp3) is 0.529. The average molecular weight is 337 g/mol. The third-order valence-corrected chi connectivity index (χ3v) is 3.21. The maximum Gasteiger partial charge on any atom is 0.306 e. The molecule has 1 rings (SSSR count). The maximum atomic E-state index is 11.6. The number of aryl methyl sites for hydroxylation is 1. The standard InChI is InChI=1S/C17H23NO6/c1-12(2)10-23-16(19)5-4-6-17(20)24-11-14-8-7-13(3)15(9-14)18(21)22/h7-9,12H,4-6,10-11H2,1-3H3. The number of hydrogen-bond acceptors (Lipinski definition) is 6. The summed E-state index contributed by atoms with van der Waals surface area (Å²) in [6.45, 7) is 5.87. The third-order valence-electron chi connectivity index (χ3n) is 3.21. The Kier molecular flexibility index (Phi) is 7.88. The Labute approximate surface area is 141 Å². The number of rotatable bonds is 9. The molecule has 0 amide bonds. The van der Waals surface area contributed by atoms with Gasteiger partial charge in [0.1, 0.15) is 6.61 Å². The number of hydrogen-bond donors (Lipinski definition) is 0. The van der Waals surface area contributed by atoms with E-state index in [0.29, 0.717) is 24.2 Å². The summed E-state index contributed by atoms with van der Waals surface area (Å²) in [6.07, 6.45) is 0.617. The van der Waals surface area contributed by atoms with Crippen LogP contribution in [0.3, 0.4) is 0 Å². The van der Waals surface area contributed by atoms with Crippen LogP contribution in [-0.4, -0.2) is 23.5 Å². The van der Waals surface area contributed by atoms with Crippen LogP contribution in [0.2, 0.25) is 0 Å². The van der Waals surface area contributed by atoms with E-state index in [0.717, 1.165) is 0 Å². The van der Waals surface area contributed by atoms with Gasteiger partial charge in [-0.05, 0) is 24.8 Å². The number of ether oxygens (including phenoxy) is 2. The Hall–Kier alpha value is -2.44. The molecule has 0 saturated carbocycles. The van der Waals surface area contributed by atoms with E-state index >= 15 is 0 Å². The smallest absolute Gasteiger partial charge is 0.306 e. The fourth-order valence-electron chi connectivity index (χ4n) is 1.89. The normalized spacial score (nSPS) is 10.5. The fourth-order valence-corrected chi connectivity index (χ4v) is 1.89. The van der Waals surface area contributed by atoms with Crippen LogP contribution in [0.15, 0.2) is 18.2 Å². The van der Waals surface area contributed by atoms with E-state index < -0.39 is 10.9 Å². The third kappa shape index (κ3) is 7.21. The van der Waals surface area contributed by atoms with E-state index in [4.69, 9.17) is 9.47 Å². The minimum atomic E-state index is -0.469. The van der Waals surface area contributed by atoms with Crippen LogP contribution in [0, 0.1) is 23.0 Å². The van der Waals surface area contributed by atoms with Crippen LogP contribution < -0.4 is 0 Å². The number of benzene rings is 1. The van der Waals surface area contributed by atoms with Crippen molar-refractivity contribution < 1.29 is 24.0 Å². The van der Waals surface area contributed by atoms with Crippen molar-refractivity contribution in [1.29, 1.82) is 0 Å². The number of nitrogens with zero attached hydrogens (tertiary/aromatic N) is 1. The van der Waals surface area contributed by atoms with Gasteiger partial charge in [0, 0.05) is 24.5 Å². The van der Waals surface area contributed by atoms with E-state index in [1.807, 2.05) is 13.8 Å². The molecule has 0 aliphatic carbocycles. The highest BCUT2D eigenvalue weighted by molar-refractivity contribution is 5.72. The molecule has 0 N–H and O–H groups in total. The minimum absolute atomic E-state index is 0.00329. The highest BCUT2D eigenvalue weighted by atomic mass is 16.6. The summed E-state index contributed by atoms with van der Waals surface area (Å²) in [6, 6.07) is 4.69. The highest BCUT2D eigenvalue weighted by Crippen LogP contribution is 2.19. The van der Waals surface area contributed by atoms with Crippen molar-refractivity contribution in [2.45, 2.75) is 46.6 Å². The predicted octanol–water partition coefficient (Wildman–Crippen LogP) is 3.32. The SMILES string of the molecule is Cc1ccc(COC(=O)CCCC(=O)OCC(C)C)cc1[N+](=O)[O-]. The molecule has 0 aliphatic heterocycles. The Balaban J connectivity index is 2.33. The summed E-state index contributed by atoms with van der Waals surface area (Å²) in [5, 5.41) is 10.9. The second-order valence-corrected chi connectivity index (χ2v) is 5.97. The van der Waals surface area contributed by atoms with Crippen LogP contribution in [-0.2, 0) is 25.7 Å². The molecule has 7 heteroatoms. The molecule has 0 atom stereocenters. The molecule has 0 spiro atoms. The lowest BCUT2D eigenvalue weighted by Gasteiger charge is -2.07. The summed E-state index contributed by atoms with van der Waals surface area (Å²) in [5.74, 6) is -0.502. The number of carbonyl (C=O) groups is 2. The van der Waals surface area contributed by atoms with Crippen LogP contribution in [0.1, 0.15) is 44.2 Å². The second-order valence-electron chi connectivity index (χ2n) is 5.97. The number of carbonyl (C=O) groups excluding carboxylic acids is 2. The predicted molar refractivity (Wildman–Crippen MR) is 87.3 cm³/mol. The van der Waals surface area contributed by atoms with Gasteiger partial charge in [0.25, 0.3) is 5.69 Å². The first-order valence-corrected chi connectivity index (χ1v) is 7.84. The summed E-state index contributed by atoms with van der Waals surface area (Å²) in [7, 11) is 0. The van der Waals surface area contributed by atoms with Crippen molar-refractivity contribution in [2.24, 2.45) is 5.92 Å². The summed E-state index contributed by atoms with van der Waals surface area (Å²) >= 11 is 0. The summed E-state index contributed by atoms with van der Waals surface area (Å²) in [5.41, 5.74) is 1.10. The maximum absolute atomic E-state index is 11.6. The van der Waals surface area contributed by atoms with Gasteiger partial charge in [0.05, 0.1) is 11.5 Å². The lowest BCUT2D eigenvalue weighted by molar-refractivity contribution is -0.385. The highest BCUT2D eigenvalue weighted by Gasteiger charge is 2.12. The Morgan fingerprint density at radius 2 is 1.79 bits per heavy atom. The molecule has 0 aromatic heterocycles. The van der Waals surface area contributed by atoms with Gasteiger partial charge < -0.3 is 9.47 Å². The first-order valence-electron chi connectivity index (χ1n) is 7.84. The van der Waals surface area contributed by atoms with Crippen LogP contribution >= 0.6 is 0 Å². The van der Waals surface area contributed by atoms with Crippen molar-refractivity contribution in [3.05, 3.63) is 39.4 Å². The molecule has 7 nitrogen and oxygen atoms in total. The van der Waals surface area contributed by atoms with Crippen molar-refractivity contribution in [1.82, 2.24) is 0 Å². The minimum Gasteiger partial charge on any atom is -0.465 e. The van der Waals surface area contributed by atoms with E-state index in [9.17, 15) is 19.7 Å². The van der Waals surface area contributed by atoms with Gasteiger partial charge in [-0.1, -0.05) is 26.0 Å². The van der Waals surface area contributed by atoms with Crippen molar-refractivity contribution in [3.63, 3.8) is 0 Å². The molecule has 24 heavy (non-hydrogen) atoms. The second kappa shape index (κ2) is 9.64. The lowest BCUT2D eigenvalue weighted by Crippen LogP contribution is -2.11. The van der Waals surface area contributed by atoms with Gasteiger partial charge in [-0.3, -0.25) is 19.7 Å². The molecule has 132 valence electrons. The van der Waals surface area contributed by atoms with Crippen LogP contribution in [0.5, 0.6) is 0 Å². The van der Waals surface area contributed by atoms with Gasteiger partial charge in [-0.2, -0.15) is 0 Å². The zero-order valence-corrected chi connectivity index (χ0v) is 14.2. The Bertz CT molecular complexity index is 597. The molecule has 0 bridgehead atoms. The molecule has 0 saturated heterocycles. The van der Waals surface area contributed by atoms with Crippen molar-refractivity contribution >= 4 is 17.6 Å². The summed E-state index contributed by atoms with van der Waals surface area (Å²) < 4.78 is 10.1. The molecular weight excluding hydrogens is 314 g/mol. The van der Waals surface area contributed by atoms with Gasteiger partial charge in [0.15, 0.2) is 0 Å². The zero-order valence-electron chi connectivity index (χ0n) is 14.2. The van der Waals surface area contributed by atoms with Crippen molar-refractivity contribution in [3.8, 4) is 0 Å². The van der Waals surface area contributed by atoms with Gasteiger partial charge in [-0.15, -0.1) is 0 Å². The summed E-state index contributed by atoms with van der Waals surface area (Å²) in [4.78, 5) is 33.4. The molecule has 0 radical (unpaired) electrons. The average Bonchev–Trinajstić information content (AvgIpc) is 2.51. The van der Waals surface area contributed by atoms with E-state index in [2.05, 4.69) is 0 Å². The lowest BCUT2D eigenvalue weighted by atomic mass is 10.1. The zero-order chi connectivity index (χ0) is 18.1. The molecular formula is C17H23NO6. The van der Waals surface area contributed by atoms with Gasteiger partial charge in [-0.25, -0.2) is 0 Å². The topological polar surface area (TPSA) is 95.7 Å². The molecule has 0 aliphatic rings. The Morgan fingerprint density at radius 3 is 2.38 bits per heavy atom. The van der Waals surface area contributed by atoms with E-state index in [1.165, 1.54) is 6.07 Å². The monoisotopic (exact) mass is 337 g/mol. The molecule has 0 unspecified atom stereocenters. The first kappa shape index (κ1) is 19.6. The largest absolute Gasteiger partial charge is 0.465 e. The molecule has 1 aromatic carbocycles. The van der Waals surface area contributed by atoms with Gasteiger partial charge in [0.2, 0.25) is 0 Å². The number of nitro benzene ring substituents is 1. The Morgan fingerprint density at radius 1 is 1.17 bits per heavy atom. The van der Waals surface area contributed by atoms with Gasteiger partial charge >= 0.3 is 11.9 Å². The van der Waals surface area contributed by atoms with Crippen LogP contribution in [0.25, 0.3) is 0 Å². The number of esters is 2. The number of nitro groups is 1.